The summed E-state index contributed by atoms with van der Waals surface area (Å²) in [6.45, 7) is 3.23. The van der Waals surface area contributed by atoms with Crippen LogP contribution < -0.4 is 15.5 Å². The van der Waals surface area contributed by atoms with E-state index in [1.807, 2.05) is 0 Å². The summed E-state index contributed by atoms with van der Waals surface area (Å²) < 4.78 is 42.8. The highest BCUT2D eigenvalue weighted by atomic mass is 32.2. The molecule has 0 radical (unpaired) electrons. The number of halogens is 3. The molecular formula is C27H24F3N5O4S2. The lowest BCUT2D eigenvalue weighted by Crippen LogP contribution is -2.43. The highest BCUT2D eigenvalue weighted by molar-refractivity contribution is 8.00. The van der Waals surface area contributed by atoms with Crippen molar-refractivity contribution in [1.82, 2.24) is 9.88 Å². The number of nitrogens with one attached hydrogen (secondary N) is 2. The number of thiocarbonyl (C=S) groups is 1. The number of ether oxygens (including phenoxy) is 1. The summed E-state index contributed by atoms with van der Waals surface area (Å²) in [4.78, 5) is 45.1. The second-order valence-corrected chi connectivity index (χ2v) is 10.8. The molecule has 1 saturated heterocycles. The number of carbonyl (C=O) groups is 3. The van der Waals surface area contributed by atoms with Gasteiger partial charge < -0.3 is 20.3 Å². The van der Waals surface area contributed by atoms with E-state index in [4.69, 9.17) is 17.0 Å². The quantitative estimate of drug-likeness (QED) is 0.145. The molecule has 1 aromatic heterocycles. The van der Waals surface area contributed by atoms with Crippen LogP contribution in [-0.4, -0.2) is 51.1 Å². The van der Waals surface area contributed by atoms with Gasteiger partial charge in [-0.05, 0) is 91.9 Å². The summed E-state index contributed by atoms with van der Waals surface area (Å²) in [6, 6.07) is 14.4. The van der Waals surface area contributed by atoms with E-state index in [9.17, 15) is 27.6 Å². The number of amides is 3. The predicted molar refractivity (Wildman–Crippen MR) is 153 cm³/mol. The number of alkyl halides is 3. The third-order valence-corrected chi connectivity index (χ3v) is 7.08. The lowest BCUT2D eigenvalue weighted by molar-refractivity contribution is -0.123. The predicted octanol–water partition coefficient (Wildman–Crippen LogP) is 6.04. The van der Waals surface area contributed by atoms with Crippen LogP contribution in [0.15, 0.2) is 71.8 Å². The molecule has 2 aromatic carbocycles. The number of aromatic nitrogens is 1. The third-order valence-electron chi connectivity index (χ3n) is 6.14. The zero-order valence-electron chi connectivity index (χ0n) is 22.0. The Balaban J connectivity index is 1.48. The van der Waals surface area contributed by atoms with E-state index in [1.54, 1.807) is 50.2 Å². The SMILES string of the molecule is COC(=O)c1ccccc1NC(=S)Nc1cc(CN2C(=O)N(c3ccc(SC(F)(F)F)cc3)C(=O)C2(C)C)ccn1. The van der Waals surface area contributed by atoms with Crippen molar-refractivity contribution in [2.24, 2.45) is 0 Å². The highest BCUT2D eigenvalue weighted by Gasteiger charge is 2.51. The minimum absolute atomic E-state index is 0.0403. The lowest BCUT2D eigenvalue weighted by Gasteiger charge is -2.27. The van der Waals surface area contributed by atoms with Gasteiger partial charge in [-0.3, -0.25) is 4.79 Å². The van der Waals surface area contributed by atoms with Gasteiger partial charge in [-0.2, -0.15) is 13.2 Å². The molecule has 0 aliphatic carbocycles. The van der Waals surface area contributed by atoms with Gasteiger partial charge in [0.05, 0.1) is 24.0 Å². The number of pyridine rings is 1. The Bertz CT molecular complexity index is 1500. The first-order chi connectivity index (χ1) is 19.3. The molecule has 214 valence electrons. The van der Waals surface area contributed by atoms with Gasteiger partial charge >= 0.3 is 17.5 Å². The van der Waals surface area contributed by atoms with E-state index in [-0.39, 0.29) is 34.0 Å². The Labute approximate surface area is 243 Å². The number of esters is 1. The van der Waals surface area contributed by atoms with Crippen molar-refractivity contribution in [3.05, 3.63) is 78.0 Å². The molecule has 2 N–H and O–H groups in total. The van der Waals surface area contributed by atoms with E-state index in [1.165, 1.54) is 42.5 Å². The summed E-state index contributed by atoms with van der Waals surface area (Å²) in [7, 11) is 1.28. The van der Waals surface area contributed by atoms with Gasteiger partial charge in [-0.1, -0.05) is 12.1 Å². The summed E-state index contributed by atoms with van der Waals surface area (Å²) in [5, 5.41) is 6.01. The molecule has 41 heavy (non-hydrogen) atoms. The fourth-order valence-electron chi connectivity index (χ4n) is 4.10. The van der Waals surface area contributed by atoms with Gasteiger partial charge in [-0.25, -0.2) is 19.5 Å². The maximum absolute atomic E-state index is 13.4. The van der Waals surface area contributed by atoms with Crippen LogP contribution in [0.25, 0.3) is 0 Å². The first-order valence-corrected chi connectivity index (χ1v) is 13.2. The number of urea groups is 1. The van der Waals surface area contributed by atoms with Crippen LogP contribution >= 0.6 is 24.0 Å². The average Bonchev–Trinajstić information content (AvgIpc) is 3.07. The monoisotopic (exact) mass is 603 g/mol. The van der Waals surface area contributed by atoms with Crippen LogP contribution in [-0.2, 0) is 16.1 Å². The zero-order chi connectivity index (χ0) is 29.9. The molecule has 4 rings (SSSR count). The number of thioether (sulfide) groups is 1. The molecule has 0 spiro atoms. The molecule has 14 heteroatoms. The number of benzene rings is 2. The van der Waals surface area contributed by atoms with Crippen LogP contribution in [0, 0.1) is 0 Å². The number of nitrogens with zero attached hydrogens (tertiary/aromatic N) is 3. The third kappa shape index (κ3) is 6.77. The molecule has 0 atom stereocenters. The second kappa shape index (κ2) is 11.7. The lowest BCUT2D eigenvalue weighted by atomic mass is 10.0. The van der Waals surface area contributed by atoms with E-state index in [0.29, 0.717) is 22.6 Å². The zero-order valence-corrected chi connectivity index (χ0v) is 23.6. The van der Waals surface area contributed by atoms with Crippen molar-refractivity contribution >= 4 is 64.2 Å². The first kappa shape index (κ1) is 29.8. The maximum atomic E-state index is 13.4. The van der Waals surface area contributed by atoms with Gasteiger partial charge in [0.1, 0.15) is 11.4 Å². The van der Waals surface area contributed by atoms with Crippen LogP contribution in [0.4, 0.5) is 35.2 Å². The molecule has 3 amide bonds. The second-order valence-electron chi connectivity index (χ2n) is 9.28. The van der Waals surface area contributed by atoms with Gasteiger partial charge in [0, 0.05) is 17.6 Å². The van der Waals surface area contributed by atoms with Gasteiger partial charge in [0.2, 0.25) is 0 Å². The van der Waals surface area contributed by atoms with E-state index in [2.05, 4.69) is 15.6 Å². The van der Waals surface area contributed by atoms with Crippen LogP contribution in [0.2, 0.25) is 0 Å². The van der Waals surface area contributed by atoms with E-state index < -0.39 is 29.0 Å². The summed E-state index contributed by atoms with van der Waals surface area (Å²) in [5.41, 5.74) is -4.16. The average molecular weight is 604 g/mol. The molecule has 2 heterocycles. The van der Waals surface area contributed by atoms with E-state index >= 15 is 0 Å². The fourth-order valence-corrected chi connectivity index (χ4v) is 4.85. The summed E-state index contributed by atoms with van der Waals surface area (Å²) >= 11 is 5.09. The van der Waals surface area contributed by atoms with Gasteiger partial charge in [0.15, 0.2) is 5.11 Å². The first-order valence-electron chi connectivity index (χ1n) is 12.0. The molecular weight excluding hydrogens is 579 g/mol. The fraction of sp³-hybridized carbons (Fsp3) is 0.222. The van der Waals surface area contributed by atoms with Crippen LogP contribution in [0.1, 0.15) is 29.8 Å². The Morgan fingerprint density at radius 1 is 1.07 bits per heavy atom. The molecule has 9 nitrogen and oxygen atoms in total. The normalized spacial score (nSPS) is 14.7. The molecule has 3 aromatic rings. The van der Waals surface area contributed by atoms with Crippen molar-refractivity contribution in [3.63, 3.8) is 0 Å². The largest absolute Gasteiger partial charge is 0.465 e. The van der Waals surface area contributed by atoms with Crippen molar-refractivity contribution in [3.8, 4) is 0 Å². The van der Waals surface area contributed by atoms with E-state index in [0.717, 1.165) is 4.90 Å². The van der Waals surface area contributed by atoms with Crippen molar-refractivity contribution < 1.29 is 32.3 Å². The summed E-state index contributed by atoms with van der Waals surface area (Å²) in [6.07, 6.45) is 1.51. The van der Waals surface area contributed by atoms with Crippen molar-refractivity contribution in [2.45, 2.75) is 36.3 Å². The van der Waals surface area contributed by atoms with Gasteiger partial charge in [0.25, 0.3) is 5.91 Å². The number of hydrogen-bond acceptors (Lipinski definition) is 7. The molecule has 1 fully saturated rings. The van der Waals surface area contributed by atoms with Crippen molar-refractivity contribution in [1.29, 1.82) is 0 Å². The van der Waals surface area contributed by atoms with Crippen LogP contribution in [0.3, 0.4) is 0 Å². The highest BCUT2D eigenvalue weighted by Crippen LogP contribution is 2.39. The molecule has 0 saturated carbocycles. The smallest absolute Gasteiger partial charge is 0.446 e. The van der Waals surface area contributed by atoms with Gasteiger partial charge in [-0.15, -0.1) is 0 Å². The Kier molecular flexibility index (Phi) is 8.54. The molecule has 0 unspecified atom stereocenters. The Morgan fingerprint density at radius 3 is 2.41 bits per heavy atom. The Morgan fingerprint density at radius 2 is 1.76 bits per heavy atom. The number of imide groups is 1. The number of hydrogen-bond donors (Lipinski definition) is 2. The minimum Gasteiger partial charge on any atom is -0.465 e. The van der Waals surface area contributed by atoms with Crippen molar-refractivity contribution in [2.75, 3.05) is 22.6 Å². The Hall–Kier alpha value is -4.17. The molecule has 0 bridgehead atoms. The number of anilines is 3. The number of para-hydroxylation sites is 1. The number of rotatable bonds is 7. The number of carbonyl (C=O) groups excluding carboxylic acids is 3. The summed E-state index contributed by atoms with van der Waals surface area (Å²) in [5.74, 6) is -0.699. The minimum atomic E-state index is -4.45. The standard InChI is InChI=1S/C27H24F3N5O4S2/c1-26(2)23(37)35(17-8-10-18(11-9-17)41-27(28,29)30)25(38)34(26)15-16-12-13-31-21(14-16)33-24(40)32-20-7-5-4-6-19(20)22(36)39-3/h4-14H,15H2,1-3H3,(H2,31,32,33,40). The molecule has 1 aliphatic rings. The molecule has 1 aliphatic heterocycles. The maximum Gasteiger partial charge on any atom is 0.446 e. The number of methoxy groups -OCH3 is 1. The topological polar surface area (TPSA) is 104 Å². The van der Waals surface area contributed by atoms with Crippen LogP contribution in [0.5, 0.6) is 0 Å².